The Hall–Kier alpha value is -2.50. The molecule has 1 heterocycles. The largest absolute Gasteiger partial charge is 0.305 e. The third-order valence-corrected chi connectivity index (χ3v) is 5.21. The first-order valence-electron chi connectivity index (χ1n) is 10.00. The van der Waals surface area contributed by atoms with Crippen molar-refractivity contribution >= 4 is 11.6 Å². The Kier molecular flexibility index (Phi) is 7.34. The first-order valence-corrected chi connectivity index (χ1v) is 10.00. The molecule has 2 aromatic carbocycles. The van der Waals surface area contributed by atoms with E-state index in [-0.39, 0.29) is 5.91 Å². The number of nitrogens with one attached hydrogen (secondary N) is 2. The summed E-state index contributed by atoms with van der Waals surface area (Å²) in [6, 6.07) is 19.1. The third kappa shape index (κ3) is 6.29. The second kappa shape index (κ2) is 10.2. The van der Waals surface area contributed by atoms with Crippen LogP contribution in [0.2, 0.25) is 0 Å². The standard InChI is InChI=1S/C23H30N4O/c1-18-8-10-21(11-9-18)19(2)25-26-23(28)16-24-22-12-14-27(15-13-22)17-20-6-4-3-5-7-20/h3-11,22,24H,12-17H2,1-2H3,(H,26,28). The molecular weight excluding hydrogens is 348 g/mol. The van der Waals surface area contributed by atoms with E-state index < -0.39 is 0 Å². The monoisotopic (exact) mass is 378 g/mol. The van der Waals surface area contributed by atoms with Crippen LogP contribution < -0.4 is 10.7 Å². The van der Waals surface area contributed by atoms with Crippen LogP contribution in [0.5, 0.6) is 0 Å². The van der Waals surface area contributed by atoms with Crippen molar-refractivity contribution in [2.75, 3.05) is 19.6 Å². The lowest BCUT2D eigenvalue weighted by molar-refractivity contribution is -0.120. The topological polar surface area (TPSA) is 56.7 Å². The molecule has 1 aliphatic rings. The van der Waals surface area contributed by atoms with Crippen LogP contribution in [-0.2, 0) is 11.3 Å². The Balaban J connectivity index is 1.36. The molecule has 148 valence electrons. The Morgan fingerprint density at radius 2 is 1.75 bits per heavy atom. The Morgan fingerprint density at radius 3 is 2.43 bits per heavy atom. The fourth-order valence-corrected chi connectivity index (χ4v) is 3.42. The number of likely N-dealkylation sites (tertiary alicyclic amines) is 1. The molecule has 5 nitrogen and oxygen atoms in total. The summed E-state index contributed by atoms with van der Waals surface area (Å²) in [6.07, 6.45) is 2.12. The van der Waals surface area contributed by atoms with Crippen LogP contribution >= 0.6 is 0 Å². The molecular formula is C23H30N4O. The maximum Gasteiger partial charge on any atom is 0.254 e. The van der Waals surface area contributed by atoms with Crippen LogP contribution in [0.3, 0.4) is 0 Å². The molecule has 0 atom stereocenters. The van der Waals surface area contributed by atoms with Gasteiger partial charge in [0.1, 0.15) is 0 Å². The van der Waals surface area contributed by atoms with Gasteiger partial charge in [-0.05, 0) is 50.9 Å². The number of amides is 1. The number of hydrogen-bond acceptors (Lipinski definition) is 4. The SMILES string of the molecule is CC(=NNC(=O)CNC1CCN(Cc2ccccc2)CC1)c1ccc(C)cc1. The van der Waals surface area contributed by atoms with Crippen LogP contribution in [0.1, 0.15) is 36.5 Å². The van der Waals surface area contributed by atoms with E-state index in [9.17, 15) is 4.79 Å². The van der Waals surface area contributed by atoms with Gasteiger partial charge >= 0.3 is 0 Å². The highest BCUT2D eigenvalue weighted by atomic mass is 16.2. The normalized spacial score (nSPS) is 16.1. The Morgan fingerprint density at radius 1 is 1.07 bits per heavy atom. The Labute approximate surface area is 167 Å². The lowest BCUT2D eigenvalue weighted by Gasteiger charge is -2.32. The van der Waals surface area contributed by atoms with Crippen molar-refractivity contribution in [3.63, 3.8) is 0 Å². The average Bonchev–Trinajstić information content (AvgIpc) is 2.73. The van der Waals surface area contributed by atoms with Crippen LogP contribution in [0.4, 0.5) is 0 Å². The highest BCUT2D eigenvalue weighted by Gasteiger charge is 2.19. The molecule has 1 aliphatic heterocycles. The molecule has 0 bridgehead atoms. The number of carbonyl (C=O) groups excluding carboxylic acids is 1. The molecule has 0 unspecified atom stereocenters. The molecule has 0 saturated carbocycles. The van der Waals surface area contributed by atoms with E-state index in [1.54, 1.807) is 0 Å². The summed E-state index contributed by atoms with van der Waals surface area (Å²) >= 11 is 0. The minimum Gasteiger partial charge on any atom is -0.305 e. The zero-order chi connectivity index (χ0) is 19.8. The van der Waals surface area contributed by atoms with Crippen molar-refractivity contribution in [2.45, 2.75) is 39.3 Å². The van der Waals surface area contributed by atoms with E-state index >= 15 is 0 Å². The molecule has 28 heavy (non-hydrogen) atoms. The number of nitrogens with zero attached hydrogens (tertiary/aromatic N) is 2. The molecule has 1 saturated heterocycles. The van der Waals surface area contributed by atoms with Crippen molar-refractivity contribution < 1.29 is 4.79 Å². The number of hydrogen-bond donors (Lipinski definition) is 2. The number of carbonyl (C=O) groups is 1. The minimum absolute atomic E-state index is 0.0989. The highest BCUT2D eigenvalue weighted by molar-refractivity contribution is 5.99. The number of hydrazone groups is 1. The van der Waals surface area contributed by atoms with Gasteiger partial charge in [-0.1, -0.05) is 60.2 Å². The summed E-state index contributed by atoms with van der Waals surface area (Å²) < 4.78 is 0. The fraction of sp³-hybridized carbons (Fsp3) is 0.391. The lowest BCUT2D eigenvalue weighted by atomic mass is 10.0. The summed E-state index contributed by atoms with van der Waals surface area (Å²) in [5.41, 5.74) is 7.04. The first-order chi connectivity index (χ1) is 13.6. The van der Waals surface area contributed by atoms with Gasteiger partial charge in [0.05, 0.1) is 12.3 Å². The summed E-state index contributed by atoms with van der Waals surface area (Å²) in [6.45, 7) is 7.36. The van der Waals surface area contributed by atoms with Gasteiger partial charge in [0.25, 0.3) is 5.91 Å². The van der Waals surface area contributed by atoms with Crippen molar-refractivity contribution in [3.8, 4) is 0 Å². The van der Waals surface area contributed by atoms with Gasteiger partial charge in [-0.25, -0.2) is 5.43 Å². The van der Waals surface area contributed by atoms with E-state index in [1.165, 1.54) is 11.1 Å². The van der Waals surface area contributed by atoms with Crippen LogP contribution in [-0.4, -0.2) is 42.2 Å². The zero-order valence-corrected chi connectivity index (χ0v) is 16.8. The van der Waals surface area contributed by atoms with Gasteiger partial charge in [-0.15, -0.1) is 0 Å². The molecule has 0 aliphatic carbocycles. The summed E-state index contributed by atoms with van der Waals surface area (Å²) in [4.78, 5) is 14.6. The summed E-state index contributed by atoms with van der Waals surface area (Å²) in [7, 11) is 0. The van der Waals surface area contributed by atoms with Crippen LogP contribution in [0.25, 0.3) is 0 Å². The molecule has 1 fully saturated rings. The van der Waals surface area contributed by atoms with Gasteiger partial charge in [0.15, 0.2) is 0 Å². The van der Waals surface area contributed by atoms with Crippen LogP contribution in [0.15, 0.2) is 59.7 Å². The van der Waals surface area contributed by atoms with Crippen LogP contribution in [0, 0.1) is 6.92 Å². The molecule has 0 radical (unpaired) electrons. The number of rotatable bonds is 7. The number of piperidine rings is 1. The molecule has 0 aromatic heterocycles. The quantitative estimate of drug-likeness (QED) is 0.575. The van der Waals surface area contributed by atoms with Crippen molar-refractivity contribution in [2.24, 2.45) is 5.10 Å². The van der Waals surface area contributed by atoms with E-state index in [2.05, 4.69) is 58.0 Å². The van der Waals surface area contributed by atoms with Gasteiger partial charge in [-0.3, -0.25) is 9.69 Å². The highest BCUT2D eigenvalue weighted by Crippen LogP contribution is 2.13. The number of aryl methyl sites for hydroxylation is 1. The second-order valence-corrected chi connectivity index (χ2v) is 7.52. The van der Waals surface area contributed by atoms with E-state index in [0.717, 1.165) is 43.8 Å². The van der Waals surface area contributed by atoms with Gasteiger partial charge in [0, 0.05) is 12.6 Å². The average molecular weight is 379 g/mol. The maximum absolute atomic E-state index is 12.1. The summed E-state index contributed by atoms with van der Waals surface area (Å²) in [5.74, 6) is -0.0989. The minimum atomic E-state index is -0.0989. The number of benzene rings is 2. The first kappa shape index (κ1) is 20.2. The third-order valence-electron chi connectivity index (χ3n) is 5.21. The lowest BCUT2D eigenvalue weighted by Crippen LogP contribution is -2.45. The Bertz CT molecular complexity index is 778. The van der Waals surface area contributed by atoms with E-state index in [1.807, 2.05) is 31.2 Å². The van der Waals surface area contributed by atoms with E-state index in [4.69, 9.17) is 0 Å². The summed E-state index contributed by atoms with van der Waals surface area (Å²) in [5, 5.41) is 7.58. The molecule has 2 aromatic rings. The van der Waals surface area contributed by atoms with Gasteiger partial charge in [-0.2, -0.15) is 5.10 Å². The van der Waals surface area contributed by atoms with Gasteiger partial charge < -0.3 is 5.32 Å². The van der Waals surface area contributed by atoms with Gasteiger partial charge in [0.2, 0.25) is 0 Å². The smallest absolute Gasteiger partial charge is 0.254 e. The second-order valence-electron chi connectivity index (χ2n) is 7.52. The molecule has 1 amide bonds. The van der Waals surface area contributed by atoms with E-state index in [0.29, 0.717) is 12.6 Å². The molecule has 3 rings (SSSR count). The van der Waals surface area contributed by atoms with Crippen molar-refractivity contribution in [3.05, 3.63) is 71.3 Å². The van der Waals surface area contributed by atoms with Crippen molar-refractivity contribution in [1.29, 1.82) is 0 Å². The molecule has 5 heteroatoms. The zero-order valence-electron chi connectivity index (χ0n) is 16.8. The maximum atomic E-state index is 12.1. The fourth-order valence-electron chi connectivity index (χ4n) is 3.42. The molecule has 0 spiro atoms. The molecule has 2 N–H and O–H groups in total. The predicted molar refractivity (Wildman–Crippen MR) is 114 cm³/mol. The van der Waals surface area contributed by atoms with Crippen molar-refractivity contribution in [1.82, 2.24) is 15.6 Å². The predicted octanol–water partition coefficient (Wildman–Crippen LogP) is 3.09.